The van der Waals surface area contributed by atoms with Crippen LogP contribution < -0.4 is 10.5 Å². The number of aryl methyl sites for hydroxylation is 2. The minimum Gasteiger partial charge on any atom is -0.494 e. The molecule has 4 nitrogen and oxygen atoms in total. The van der Waals surface area contributed by atoms with Gasteiger partial charge in [-0.2, -0.15) is 0 Å². The standard InChI is InChI=1S/C20H25N3O/c1-3-16-9-11-17(12-10-16)24-14-6-13-23-19-8-5-4-7-18(19)22-20(23)15(2)21/h4-5,7-12,15H,3,6,13-14,21H2,1-2H3. The van der Waals surface area contributed by atoms with Crippen molar-refractivity contribution in [2.45, 2.75) is 39.3 Å². The highest BCUT2D eigenvalue weighted by atomic mass is 16.5. The predicted molar refractivity (Wildman–Crippen MR) is 98.3 cm³/mol. The van der Waals surface area contributed by atoms with E-state index in [1.807, 2.05) is 37.3 Å². The van der Waals surface area contributed by atoms with E-state index >= 15 is 0 Å². The Bertz CT molecular complexity index is 790. The van der Waals surface area contributed by atoms with Crippen molar-refractivity contribution in [2.75, 3.05) is 6.61 Å². The average molecular weight is 323 g/mol. The predicted octanol–water partition coefficient (Wildman–Crippen LogP) is 4.09. The number of ether oxygens (including phenoxy) is 1. The Morgan fingerprint density at radius 3 is 2.58 bits per heavy atom. The summed E-state index contributed by atoms with van der Waals surface area (Å²) in [6, 6.07) is 16.4. The Morgan fingerprint density at radius 1 is 1.12 bits per heavy atom. The number of para-hydroxylation sites is 2. The molecule has 1 unspecified atom stereocenters. The molecule has 2 aromatic carbocycles. The summed E-state index contributed by atoms with van der Waals surface area (Å²) in [5, 5.41) is 0. The van der Waals surface area contributed by atoms with Gasteiger partial charge in [-0.1, -0.05) is 31.2 Å². The van der Waals surface area contributed by atoms with Crippen molar-refractivity contribution in [3.05, 3.63) is 59.9 Å². The van der Waals surface area contributed by atoms with Gasteiger partial charge in [0.25, 0.3) is 0 Å². The van der Waals surface area contributed by atoms with Crippen molar-refractivity contribution in [3.63, 3.8) is 0 Å². The highest BCUT2D eigenvalue weighted by molar-refractivity contribution is 5.76. The van der Waals surface area contributed by atoms with Crippen molar-refractivity contribution >= 4 is 11.0 Å². The molecule has 0 bridgehead atoms. The molecule has 1 atom stereocenters. The van der Waals surface area contributed by atoms with Crippen LogP contribution in [0.3, 0.4) is 0 Å². The number of aromatic nitrogens is 2. The molecule has 2 N–H and O–H groups in total. The van der Waals surface area contributed by atoms with E-state index in [2.05, 4.69) is 34.7 Å². The number of hydrogen-bond acceptors (Lipinski definition) is 3. The van der Waals surface area contributed by atoms with Crippen LogP contribution in [0.25, 0.3) is 11.0 Å². The molecule has 24 heavy (non-hydrogen) atoms. The van der Waals surface area contributed by atoms with Crippen LogP contribution in [0.1, 0.15) is 37.7 Å². The van der Waals surface area contributed by atoms with Crippen molar-refractivity contribution in [1.29, 1.82) is 0 Å². The van der Waals surface area contributed by atoms with Crippen molar-refractivity contribution in [3.8, 4) is 5.75 Å². The highest BCUT2D eigenvalue weighted by Gasteiger charge is 2.13. The zero-order chi connectivity index (χ0) is 16.9. The van der Waals surface area contributed by atoms with Crippen molar-refractivity contribution in [2.24, 2.45) is 5.73 Å². The Kier molecular flexibility index (Phi) is 5.16. The smallest absolute Gasteiger partial charge is 0.126 e. The largest absolute Gasteiger partial charge is 0.494 e. The summed E-state index contributed by atoms with van der Waals surface area (Å²) in [6.07, 6.45) is 1.96. The normalized spacial score (nSPS) is 12.5. The Morgan fingerprint density at radius 2 is 1.88 bits per heavy atom. The molecule has 1 aromatic heterocycles. The number of hydrogen-bond donors (Lipinski definition) is 1. The summed E-state index contributed by atoms with van der Waals surface area (Å²) < 4.78 is 8.06. The SMILES string of the molecule is CCc1ccc(OCCCn2c(C(C)N)nc3ccccc32)cc1. The molecule has 0 aliphatic heterocycles. The summed E-state index contributed by atoms with van der Waals surface area (Å²) in [5.41, 5.74) is 9.55. The van der Waals surface area contributed by atoms with Gasteiger partial charge < -0.3 is 15.0 Å². The van der Waals surface area contributed by atoms with Gasteiger partial charge in [0.15, 0.2) is 0 Å². The van der Waals surface area contributed by atoms with Gasteiger partial charge in [0.05, 0.1) is 23.7 Å². The number of imidazole rings is 1. The third kappa shape index (κ3) is 3.60. The first-order chi connectivity index (χ1) is 11.7. The third-order valence-electron chi connectivity index (χ3n) is 4.22. The number of rotatable bonds is 7. The molecule has 0 fully saturated rings. The van der Waals surface area contributed by atoms with E-state index in [0.717, 1.165) is 42.0 Å². The van der Waals surface area contributed by atoms with Crippen LogP contribution in [0.5, 0.6) is 5.75 Å². The molecule has 0 amide bonds. The highest BCUT2D eigenvalue weighted by Crippen LogP contribution is 2.20. The monoisotopic (exact) mass is 323 g/mol. The summed E-state index contributed by atoms with van der Waals surface area (Å²) in [4.78, 5) is 4.67. The number of fused-ring (bicyclic) bond motifs is 1. The minimum atomic E-state index is -0.0834. The van der Waals surface area contributed by atoms with Gasteiger partial charge in [-0.25, -0.2) is 4.98 Å². The van der Waals surface area contributed by atoms with E-state index in [-0.39, 0.29) is 6.04 Å². The van der Waals surface area contributed by atoms with Crippen LogP contribution in [-0.2, 0) is 13.0 Å². The Labute approximate surface area is 143 Å². The van der Waals surface area contributed by atoms with Crippen LogP contribution in [-0.4, -0.2) is 16.2 Å². The van der Waals surface area contributed by atoms with Crippen LogP contribution in [0.15, 0.2) is 48.5 Å². The van der Waals surface area contributed by atoms with Crippen LogP contribution >= 0.6 is 0 Å². The molecule has 0 spiro atoms. The maximum Gasteiger partial charge on any atom is 0.126 e. The molecular weight excluding hydrogens is 298 g/mol. The molecule has 4 heteroatoms. The van der Waals surface area contributed by atoms with Gasteiger partial charge in [-0.3, -0.25) is 0 Å². The van der Waals surface area contributed by atoms with Crippen molar-refractivity contribution < 1.29 is 4.74 Å². The minimum absolute atomic E-state index is 0.0834. The van der Waals surface area contributed by atoms with E-state index in [0.29, 0.717) is 6.61 Å². The molecule has 0 aliphatic carbocycles. The summed E-state index contributed by atoms with van der Waals surface area (Å²) in [5.74, 6) is 1.86. The summed E-state index contributed by atoms with van der Waals surface area (Å²) in [6.45, 7) is 5.66. The molecule has 0 saturated carbocycles. The van der Waals surface area contributed by atoms with Gasteiger partial charge in [-0.05, 0) is 49.6 Å². The molecule has 126 valence electrons. The van der Waals surface area contributed by atoms with Gasteiger partial charge in [0.2, 0.25) is 0 Å². The lowest BCUT2D eigenvalue weighted by molar-refractivity contribution is 0.301. The van der Waals surface area contributed by atoms with Crippen LogP contribution in [0.2, 0.25) is 0 Å². The lowest BCUT2D eigenvalue weighted by Gasteiger charge is -2.12. The molecule has 3 aromatic rings. The number of nitrogens with two attached hydrogens (primary N) is 1. The maximum atomic E-state index is 6.09. The lowest BCUT2D eigenvalue weighted by atomic mass is 10.2. The van der Waals surface area contributed by atoms with Crippen LogP contribution in [0, 0.1) is 0 Å². The molecule has 1 heterocycles. The average Bonchev–Trinajstić information content (AvgIpc) is 2.98. The first-order valence-electron chi connectivity index (χ1n) is 8.61. The number of nitrogens with zero attached hydrogens (tertiary/aromatic N) is 2. The topological polar surface area (TPSA) is 53.1 Å². The van der Waals surface area contributed by atoms with Gasteiger partial charge in [0.1, 0.15) is 11.6 Å². The summed E-state index contributed by atoms with van der Waals surface area (Å²) >= 11 is 0. The first kappa shape index (κ1) is 16.5. The lowest BCUT2D eigenvalue weighted by Crippen LogP contribution is -2.15. The van der Waals surface area contributed by atoms with Gasteiger partial charge >= 0.3 is 0 Å². The fraction of sp³-hybridized carbons (Fsp3) is 0.350. The van der Waals surface area contributed by atoms with E-state index < -0.39 is 0 Å². The summed E-state index contributed by atoms with van der Waals surface area (Å²) in [7, 11) is 0. The second kappa shape index (κ2) is 7.49. The molecule has 0 saturated heterocycles. The van der Waals surface area contributed by atoms with Gasteiger partial charge in [0, 0.05) is 6.54 Å². The van der Waals surface area contributed by atoms with E-state index in [1.54, 1.807) is 0 Å². The zero-order valence-corrected chi connectivity index (χ0v) is 14.4. The fourth-order valence-electron chi connectivity index (χ4n) is 2.91. The molecule has 0 radical (unpaired) electrons. The maximum absolute atomic E-state index is 6.09. The second-order valence-corrected chi connectivity index (χ2v) is 6.10. The molecule has 3 rings (SSSR count). The Hall–Kier alpha value is -2.33. The second-order valence-electron chi connectivity index (χ2n) is 6.10. The third-order valence-corrected chi connectivity index (χ3v) is 4.22. The number of benzene rings is 2. The first-order valence-corrected chi connectivity index (χ1v) is 8.61. The molecular formula is C20H25N3O. The zero-order valence-electron chi connectivity index (χ0n) is 14.4. The quantitative estimate of drug-likeness (QED) is 0.666. The van der Waals surface area contributed by atoms with E-state index in [9.17, 15) is 0 Å². The van der Waals surface area contributed by atoms with E-state index in [4.69, 9.17) is 10.5 Å². The van der Waals surface area contributed by atoms with Crippen molar-refractivity contribution in [1.82, 2.24) is 9.55 Å². The van der Waals surface area contributed by atoms with Crippen LogP contribution in [0.4, 0.5) is 0 Å². The molecule has 0 aliphatic rings. The van der Waals surface area contributed by atoms with E-state index in [1.165, 1.54) is 5.56 Å². The fourth-order valence-corrected chi connectivity index (χ4v) is 2.91. The Balaban J connectivity index is 1.63. The van der Waals surface area contributed by atoms with Gasteiger partial charge in [-0.15, -0.1) is 0 Å².